The molecule has 0 aliphatic heterocycles. The summed E-state index contributed by atoms with van der Waals surface area (Å²) in [6, 6.07) is 0.462. The molecule has 1 N–H and O–H groups in total. The Bertz CT molecular complexity index is 164. The molecule has 0 bridgehead atoms. The molecule has 0 spiro atoms. The Morgan fingerprint density at radius 2 is 1.76 bits per heavy atom. The van der Waals surface area contributed by atoms with Crippen LogP contribution in [-0.4, -0.2) is 38.5 Å². The summed E-state index contributed by atoms with van der Waals surface area (Å²) in [7, 11) is 0. The van der Waals surface area contributed by atoms with Crippen molar-refractivity contribution < 1.29 is 9.47 Å². The summed E-state index contributed by atoms with van der Waals surface area (Å²) in [5.74, 6) is 0.654. The maximum atomic E-state index is 5.84. The van der Waals surface area contributed by atoms with Gasteiger partial charge in [0, 0.05) is 12.6 Å². The second kappa shape index (κ2) is 11.0. The van der Waals surface area contributed by atoms with E-state index in [9.17, 15) is 0 Å². The monoisotopic (exact) mass is 245 g/mol. The van der Waals surface area contributed by atoms with Gasteiger partial charge in [-0.1, -0.05) is 27.2 Å². The van der Waals surface area contributed by atoms with E-state index in [1.54, 1.807) is 0 Å². The normalized spacial score (nSPS) is 16.8. The van der Waals surface area contributed by atoms with Crippen LogP contribution in [0.1, 0.15) is 47.5 Å². The van der Waals surface area contributed by atoms with Gasteiger partial charge in [-0.05, 0) is 32.7 Å². The first-order chi connectivity index (χ1) is 8.15. The van der Waals surface area contributed by atoms with Crippen LogP contribution in [0.4, 0.5) is 0 Å². The Morgan fingerprint density at radius 1 is 1.06 bits per heavy atom. The molecule has 0 radical (unpaired) electrons. The largest absolute Gasteiger partial charge is 0.379 e. The predicted octanol–water partition coefficient (Wildman–Crippen LogP) is 2.84. The van der Waals surface area contributed by atoms with E-state index >= 15 is 0 Å². The van der Waals surface area contributed by atoms with Crippen LogP contribution in [0, 0.1) is 5.92 Å². The lowest BCUT2D eigenvalue weighted by Gasteiger charge is -2.26. The van der Waals surface area contributed by atoms with Crippen molar-refractivity contribution in [3.8, 4) is 0 Å². The van der Waals surface area contributed by atoms with E-state index in [1.807, 2.05) is 6.92 Å². The number of ether oxygens (including phenoxy) is 2. The van der Waals surface area contributed by atoms with E-state index in [4.69, 9.17) is 9.47 Å². The van der Waals surface area contributed by atoms with Crippen molar-refractivity contribution in [1.82, 2.24) is 5.32 Å². The van der Waals surface area contributed by atoms with Crippen molar-refractivity contribution in [1.29, 1.82) is 0 Å². The molecule has 3 unspecified atom stereocenters. The molecule has 0 rings (SSSR count). The smallest absolute Gasteiger partial charge is 0.0781 e. The minimum atomic E-state index is 0.185. The highest BCUT2D eigenvalue weighted by Gasteiger charge is 2.16. The lowest BCUT2D eigenvalue weighted by atomic mass is 10.00. The molecule has 3 nitrogen and oxygen atoms in total. The Kier molecular flexibility index (Phi) is 10.9. The third-order valence-corrected chi connectivity index (χ3v) is 3.10. The molecule has 0 aromatic heterocycles. The van der Waals surface area contributed by atoms with Gasteiger partial charge in [0.05, 0.1) is 19.3 Å². The predicted molar refractivity (Wildman–Crippen MR) is 73.4 cm³/mol. The third-order valence-electron chi connectivity index (χ3n) is 3.10. The molecule has 3 atom stereocenters. The maximum Gasteiger partial charge on any atom is 0.0781 e. The molecule has 0 amide bonds. The Balaban J connectivity index is 3.88. The van der Waals surface area contributed by atoms with E-state index < -0.39 is 0 Å². The van der Waals surface area contributed by atoms with Crippen LogP contribution < -0.4 is 5.32 Å². The fraction of sp³-hybridized carbons (Fsp3) is 1.00. The Morgan fingerprint density at radius 3 is 2.29 bits per heavy atom. The second-order valence-corrected chi connectivity index (χ2v) is 4.75. The topological polar surface area (TPSA) is 30.5 Å². The zero-order valence-electron chi connectivity index (χ0n) is 12.3. The number of rotatable bonds is 11. The van der Waals surface area contributed by atoms with E-state index in [1.165, 1.54) is 12.8 Å². The average molecular weight is 245 g/mol. The molecular weight excluding hydrogens is 214 g/mol. The first-order valence-corrected chi connectivity index (χ1v) is 7.08. The fourth-order valence-electron chi connectivity index (χ4n) is 1.64. The summed E-state index contributed by atoms with van der Waals surface area (Å²) in [5.41, 5.74) is 0. The lowest BCUT2D eigenvalue weighted by Crippen LogP contribution is -2.40. The molecular formula is C14H31NO2. The molecule has 0 saturated carbocycles. The highest BCUT2D eigenvalue weighted by atomic mass is 16.5. The summed E-state index contributed by atoms with van der Waals surface area (Å²) in [6.45, 7) is 14.1. The first-order valence-electron chi connectivity index (χ1n) is 7.08. The van der Waals surface area contributed by atoms with E-state index in [-0.39, 0.29) is 6.10 Å². The molecule has 0 heterocycles. The summed E-state index contributed by atoms with van der Waals surface area (Å²) >= 11 is 0. The van der Waals surface area contributed by atoms with E-state index in [0.717, 1.165) is 19.8 Å². The van der Waals surface area contributed by atoms with Gasteiger partial charge in [0.1, 0.15) is 0 Å². The summed E-state index contributed by atoms with van der Waals surface area (Å²) in [6.07, 6.45) is 2.54. The van der Waals surface area contributed by atoms with Gasteiger partial charge in [-0.2, -0.15) is 0 Å². The van der Waals surface area contributed by atoms with Gasteiger partial charge in [0.25, 0.3) is 0 Å². The lowest BCUT2D eigenvalue weighted by molar-refractivity contribution is -0.0165. The Hall–Kier alpha value is -0.120. The van der Waals surface area contributed by atoms with Crippen LogP contribution in [0.25, 0.3) is 0 Å². The van der Waals surface area contributed by atoms with Gasteiger partial charge in [0.2, 0.25) is 0 Å². The van der Waals surface area contributed by atoms with Crippen molar-refractivity contribution >= 4 is 0 Å². The zero-order valence-corrected chi connectivity index (χ0v) is 12.3. The molecule has 3 heteroatoms. The number of hydrogen-bond acceptors (Lipinski definition) is 3. The molecule has 17 heavy (non-hydrogen) atoms. The van der Waals surface area contributed by atoms with Crippen molar-refractivity contribution in [3.63, 3.8) is 0 Å². The van der Waals surface area contributed by atoms with E-state index in [2.05, 4.69) is 33.0 Å². The van der Waals surface area contributed by atoms with Gasteiger partial charge < -0.3 is 14.8 Å². The van der Waals surface area contributed by atoms with Crippen LogP contribution >= 0.6 is 0 Å². The van der Waals surface area contributed by atoms with Crippen molar-refractivity contribution in [3.05, 3.63) is 0 Å². The van der Waals surface area contributed by atoms with Crippen LogP contribution in [-0.2, 0) is 9.47 Å². The van der Waals surface area contributed by atoms with Gasteiger partial charge in [-0.3, -0.25) is 0 Å². The number of nitrogens with one attached hydrogen (secondary N) is 1. The van der Waals surface area contributed by atoms with Gasteiger partial charge >= 0.3 is 0 Å². The molecule has 0 aliphatic carbocycles. The second-order valence-electron chi connectivity index (χ2n) is 4.75. The molecule has 0 aromatic carbocycles. The zero-order chi connectivity index (χ0) is 13.1. The van der Waals surface area contributed by atoms with Crippen molar-refractivity contribution in [2.75, 3.05) is 26.4 Å². The molecule has 0 fully saturated rings. The summed E-state index contributed by atoms with van der Waals surface area (Å²) in [5, 5.41) is 3.57. The van der Waals surface area contributed by atoms with Gasteiger partial charge in [0.15, 0.2) is 0 Å². The minimum absolute atomic E-state index is 0.185. The van der Waals surface area contributed by atoms with Crippen LogP contribution in [0.15, 0.2) is 0 Å². The van der Waals surface area contributed by atoms with Crippen LogP contribution in [0.3, 0.4) is 0 Å². The SMILES string of the molecule is CCCNC(COC(C)COCC)C(C)CC. The fourth-order valence-corrected chi connectivity index (χ4v) is 1.64. The molecule has 0 saturated heterocycles. The van der Waals surface area contributed by atoms with Crippen LogP contribution in [0.5, 0.6) is 0 Å². The molecule has 0 aromatic rings. The third kappa shape index (κ3) is 8.58. The standard InChI is InChI=1S/C14H31NO2/c1-6-9-15-14(12(4)7-2)11-17-13(5)10-16-8-3/h12-15H,6-11H2,1-5H3. The highest BCUT2D eigenvalue weighted by molar-refractivity contribution is 4.72. The number of hydrogen-bond donors (Lipinski definition) is 1. The quantitative estimate of drug-likeness (QED) is 0.607. The Labute approximate surface area is 107 Å². The van der Waals surface area contributed by atoms with Crippen molar-refractivity contribution in [2.24, 2.45) is 5.92 Å². The minimum Gasteiger partial charge on any atom is -0.379 e. The van der Waals surface area contributed by atoms with Gasteiger partial charge in [-0.25, -0.2) is 0 Å². The highest BCUT2D eigenvalue weighted by Crippen LogP contribution is 2.09. The van der Waals surface area contributed by atoms with E-state index in [0.29, 0.717) is 18.6 Å². The average Bonchev–Trinajstić information content (AvgIpc) is 2.35. The molecule has 0 aliphatic rings. The summed E-state index contributed by atoms with van der Waals surface area (Å²) in [4.78, 5) is 0. The molecule has 104 valence electrons. The van der Waals surface area contributed by atoms with Gasteiger partial charge in [-0.15, -0.1) is 0 Å². The van der Waals surface area contributed by atoms with Crippen LogP contribution in [0.2, 0.25) is 0 Å². The maximum absolute atomic E-state index is 5.84. The first kappa shape index (κ1) is 16.9. The summed E-state index contributed by atoms with van der Waals surface area (Å²) < 4.78 is 11.2. The van der Waals surface area contributed by atoms with Crippen molar-refractivity contribution in [2.45, 2.75) is 59.6 Å².